The van der Waals surface area contributed by atoms with Crippen molar-refractivity contribution in [2.75, 3.05) is 25.1 Å². The summed E-state index contributed by atoms with van der Waals surface area (Å²) in [6, 6.07) is 8.30. The fourth-order valence-corrected chi connectivity index (χ4v) is 1.85. The van der Waals surface area contributed by atoms with Gasteiger partial charge in [0.15, 0.2) is 0 Å². The van der Waals surface area contributed by atoms with E-state index in [2.05, 4.69) is 24.4 Å². The van der Waals surface area contributed by atoms with Gasteiger partial charge in [0.25, 0.3) is 0 Å². The van der Waals surface area contributed by atoms with Gasteiger partial charge in [-0.1, -0.05) is 19.1 Å². The third kappa shape index (κ3) is 4.67. The van der Waals surface area contributed by atoms with Crippen LogP contribution in [0.5, 0.6) is 0 Å². The van der Waals surface area contributed by atoms with Gasteiger partial charge >= 0.3 is 0 Å². The molecule has 0 spiro atoms. The van der Waals surface area contributed by atoms with E-state index in [4.69, 9.17) is 4.74 Å². The Kier molecular flexibility index (Phi) is 5.02. The van der Waals surface area contributed by atoms with Gasteiger partial charge < -0.3 is 15.2 Å². The number of aliphatic hydroxyl groups is 1. The second kappa shape index (κ2) is 6.76. The van der Waals surface area contributed by atoms with Crippen LogP contribution in [0.1, 0.15) is 25.3 Å². The molecule has 0 radical (unpaired) electrons. The summed E-state index contributed by atoms with van der Waals surface area (Å²) in [4.78, 5) is 0. The zero-order chi connectivity index (χ0) is 12.8. The lowest BCUT2D eigenvalue weighted by Gasteiger charge is -2.13. The Balaban J connectivity index is 1.65. The molecule has 18 heavy (non-hydrogen) atoms. The largest absolute Gasteiger partial charge is 0.389 e. The van der Waals surface area contributed by atoms with Crippen LogP contribution in [-0.2, 0) is 11.2 Å². The Morgan fingerprint density at radius 3 is 3.00 bits per heavy atom. The van der Waals surface area contributed by atoms with Gasteiger partial charge in [0.05, 0.1) is 12.7 Å². The van der Waals surface area contributed by atoms with Gasteiger partial charge in [-0.25, -0.2) is 0 Å². The van der Waals surface area contributed by atoms with Crippen molar-refractivity contribution in [3.05, 3.63) is 29.8 Å². The molecule has 2 rings (SSSR count). The Morgan fingerprint density at radius 1 is 1.44 bits per heavy atom. The first kappa shape index (κ1) is 13.4. The molecule has 100 valence electrons. The number of hydrogen-bond acceptors (Lipinski definition) is 3. The summed E-state index contributed by atoms with van der Waals surface area (Å²) < 4.78 is 5.46. The predicted octanol–water partition coefficient (Wildman–Crippen LogP) is 2.45. The fourth-order valence-electron chi connectivity index (χ4n) is 1.85. The SMILES string of the molecule is CCc1cccc(NCC(O)COCC2CC2)c1. The standard InChI is InChI=1S/C15H23NO2/c1-2-12-4-3-5-14(8-12)16-9-15(17)11-18-10-13-6-7-13/h3-5,8,13,15-17H,2,6-7,9-11H2,1H3. The molecule has 0 aromatic heterocycles. The number of benzene rings is 1. The van der Waals surface area contributed by atoms with Gasteiger partial charge in [-0.05, 0) is 42.9 Å². The summed E-state index contributed by atoms with van der Waals surface area (Å²) >= 11 is 0. The molecule has 1 unspecified atom stereocenters. The Morgan fingerprint density at radius 2 is 2.28 bits per heavy atom. The van der Waals surface area contributed by atoms with Crippen LogP contribution in [0.3, 0.4) is 0 Å². The van der Waals surface area contributed by atoms with Crippen LogP contribution >= 0.6 is 0 Å². The van der Waals surface area contributed by atoms with E-state index >= 15 is 0 Å². The highest BCUT2D eigenvalue weighted by molar-refractivity contribution is 5.45. The van der Waals surface area contributed by atoms with E-state index in [9.17, 15) is 5.11 Å². The van der Waals surface area contributed by atoms with Gasteiger partial charge in [-0.2, -0.15) is 0 Å². The molecule has 1 atom stereocenters. The summed E-state index contributed by atoms with van der Waals surface area (Å²) in [6.45, 7) is 3.91. The van der Waals surface area contributed by atoms with Crippen molar-refractivity contribution in [1.82, 2.24) is 0 Å². The smallest absolute Gasteiger partial charge is 0.0945 e. The number of nitrogens with one attached hydrogen (secondary N) is 1. The number of rotatable bonds is 8. The quantitative estimate of drug-likeness (QED) is 0.743. The summed E-state index contributed by atoms with van der Waals surface area (Å²) in [5.74, 6) is 0.756. The normalized spacial score (nSPS) is 16.6. The minimum atomic E-state index is -0.436. The minimum absolute atomic E-state index is 0.428. The van der Waals surface area contributed by atoms with Crippen LogP contribution in [0, 0.1) is 5.92 Å². The van der Waals surface area contributed by atoms with E-state index in [1.54, 1.807) is 0 Å². The second-order valence-corrected chi connectivity index (χ2v) is 5.07. The Hall–Kier alpha value is -1.06. The molecule has 0 bridgehead atoms. The first-order valence-corrected chi connectivity index (χ1v) is 6.86. The van der Waals surface area contributed by atoms with Crippen LogP contribution in [0.15, 0.2) is 24.3 Å². The van der Waals surface area contributed by atoms with Crippen LogP contribution in [0.25, 0.3) is 0 Å². The van der Waals surface area contributed by atoms with Crippen molar-refractivity contribution in [1.29, 1.82) is 0 Å². The predicted molar refractivity (Wildman–Crippen MR) is 73.9 cm³/mol. The zero-order valence-electron chi connectivity index (χ0n) is 11.1. The highest BCUT2D eigenvalue weighted by atomic mass is 16.5. The number of ether oxygens (including phenoxy) is 1. The summed E-state index contributed by atoms with van der Waals surface area (Å²) in [7, 11) is 0. The molecule has 0 heterocycles. The zero-order valence-corrected chi connectivity index (χ0v) is 11.1. The topological polar surface area (TPSA) is 41.5 Å². The Labute approximate surface area is 109 Å². The monoisotopic (exact) mass is 249 g/mol. The molecular formula is C15H23NO2. The molecule has 1 aromatic rings. The van der Waals surface area contributed by atoms with Crippen molar-refractivity contribution >= 4 is 5.69 Å². The van der Waals surface area contributed by atoms with Crippen molar-refractivity contribution in [2.24, 2.45) is 5.92 Å². The summed E-state index contributed by atoms with van der Waals surface area (Å²) in [5, 5.41) is 13.0. The number of aryl methyl sites for hydroxylation is 1. The lowest BCUT2D eigenvalue weighted by molar-refractivity contribution is 0.0386. The van der Waals surface area contributed by atoms with Gasteiger partial charge in [0.1, 0.15) is 0 Å². The highest BCUT2D eigenvalue weighted by Crippen LogP contribution is 2.28. The fraction of sp³-hybridized carbons (Fsp3) is 0.600. The highest BCUT2D eigenvalue weighted by Gasteiger charge is 2.21. The van der Waals surface area contributed by atoms with Crippen LogP contribution in [0.2, 0.25) is 0 Å². The molecule has 0 aliphatic heterocycles. The van der Waals surface area contributed by atoms with Crippen molar-refractivity contribution < 1.29 is 9.84 Å². The van der Waals surface area contributed by atoms with E-state index in [1.165, 1.54) is 18.4 Å². The molecule has 2 N–H and O–H groups in total. The maximum absolute atomic E-state index is 9.78. The van der Waals surface area contributed by atoms with E-state index in [-0.39, 0.29) is 0 Å². The van der Waals surface area contributed by atoms with E-state index in [0.717, 1.165) is 24.6 Å². The summed E-state index contributed by atoms with van der Waals surface area (Å²) in [5.41, 5.74) is 2.37. The van der Waals surface area contributed by atoms with Crippen LogP contribution in [-0.4, -0.2) is 31.0 Å². The van der Waals surface area contributed by atoms with Crippen molar-refractivity contribution in [3.8, 4) is 0 Å². The molecule has 3 nitrogen and oxygen atoms in total. The van der Waals surface area contributed by atoms with Gasteiger partial charge in [-0.15, -0.1) is 0 Å². The third-order valence-electron chi connectivity index (χ3n) is 3.24. The second-order valence-electron chi connectivity index (χ2n) is 5.07. The number of aliphatic hydroxyl groups excluding tert-OH is 1. The lowest BCUT2D eigenvalue weighted by Crippen LogP contribution is -2.25. The maximum Gasteiger partial charge on any atom is 0.0945 e. The van der Waals surface area contributed by atoms with Gasteiger partial charge in [-0.3, -0.25) is 0 Å². The van der Waals surface area contributed by atoms with E-state index in [1.807, 2.05) is 12.1 Å². The molecule has 0 amide bonds. The average molecular weight is 249 g/mol. The third-order valence-corrected chi connectivity index (χ3v) is 3.24. The maximum atomic E-state index is 9.78. The van der Waals surface area contributed by atoms with Gasteiger partial charge in [0.2, 0.25) is 0 Å². The van der Waals surface area contributed by atoms with E-state index < -0.39 is 6.10 Å². The lowest BCUT2D eigenvalue weighted by atomic mass is 10.1. The van der Waals surface area contributed by atoms with Crippen molar-refractivity contribution in [3.63, 3.8) is 0 Å². The summed E-state index contributed by atoms with van der Waals surface area (Å²) in [6.07, 6.45) is 3.17. The number of anilines is 1. The molecule has 1 aromatic carbocycles. The minimum Gasteiger partial charge on any atom is -0.389 e. The van der Waals surface area contributed by atoms with Crippen molar-refractivity contribution in [2.45, 2.75) is 32.3 Å². The molecule has 0 saturated heterocycles. The van der Waals surface area contributed by atoms with Crippen LogP contribution in [0.4, 0.5) is 5.69 Å². The van der Waals surface area contributed by atoms with Crippen LogP contribution < -0.4 is 5.32 Å². The first-order valence-electron chi connectivity index (χ1n) is 6.86. The molecule has 1 aliphatic rings. The van der Waals surface area contributed by atoms with Gasteiger partial charge in [0, 0.05) is 18.8 Å². The molecule has 1 fully saturated rings. The first-order chi connectivity index (χ1) is 8.78. The average Bonchev–Trinajstić information content (AvgIpc) is 3.21. The molecular weight excluding hydrogens is 226 g/mol. The van der Waals surface area contributed by atoms with E-state index in [0.29, 0.717) is 13.2 Å². The molecule has 1 aliphatic carbocycles. The molecule has 1 saturated carbocycles. The molecule has 3 heteroatoms. The number of hydrogen-bond donors (Lipinski definition) is 2. The Bertz CT molecular complexity index is 363.